The lowest BCUT2D eigenvalue weighted by Gasteiger charge is -2.28. The molecule has 13 heteroatoms. The van der Waals surface area contributed by atoms with E-state index in [1.807, 2.05) is 0 Å². The van der Waals surface area contributed by atoms with Gasteiger partial charge in [0.15, 0.2) is 15.5 Å². The molecule has 2 aromatic rings. The monoisotopic (exact) mass is 485 g/mol. The summed E-state index contributed by atoms with van der Waals surface area (Å²) in [5.41, 5.74) is -2.71. The SMILES string of the molecule is CN(CCC(C)(C)S(=O)(=O)c1cccc(C(F)(F)F)c1)C(=O)c1cc(C(F)(F)F)nn1C. The van der Waals surface area contributed by atoms with Crippen molar-refractivity contribution in [3.8, 4) is 0 Å². The van der Waals surface area contributed by atoms with E-state index >= 15 is 0 Å². The van der Waals surface area contributed by atoms with E-state index in [-0.39, 0.29) is 18.7 Å². The first-order chi connectivity index (χ1) is 14.4. The van der Waals surface area contributed by atoms with Crippen molar-refractivity contribution in [3.05, 3.63) is 47.3 Å². The zero-order valence-corrected chi connectivity index (χ0v) is 18.4. The number of aromatic nitrogens is 2. The van der Waals surface area contributed by atoms with Gasteiger partial charge in [0.25, 0.3) is 5.91 Å². The summed E-state index contributed by atoms with van der Waals surface area (Å²) >= 11 is 0. The fourth-order valence-electron chi connectivity index (χ4n) is 2.83. The van der Waals surface area contributed by atoms with E-state index in [2.05, 4.69) is 5.10 Å². The fourth-order valence-corrected chi connectivity index (χ4v) is 4.37. The Morgan fingerprint density at radius 1 is 1.06 bits per heavy atom. The van der Waals surface area contributed by atoms with Gasteiger partial charge in [-0.15, -0.1) is 0 Å². The second kappa shape index (κ2) is 8.41. The molecule has 1 aromatic heterocycles. The smallest absolute Gasteiger partial charge is 0.340 e. The summed E-state index contributed by atoms with van der Waals surface area (Å²) in [4.78, 5) is 13.0. The molecule has 178 valence electrons. The van der Waals surface area contributed by atoms with Crippen LogP contribution in [0.3, 0.4) is 0 Å². The molecule has 1 aromatic carbocycles. The molecule has 0 bridgehead atoms. The van der Waals surface area contributed by atoms with Gasteiger partial charge in [0.1, 0.15) is 5.69 Å². The van der Waals surface area contributed by atoms with Crippen molar-refractivity contribution < 1.29 is 39.6 Å². The molecule has 0 fully saturated rings. The number of carbonyl (C=O) groups excluding carboxylic acids is 1. The first kappa shape index (κ1) is 25.7. The summed E-state index contributed by atoms with van der Waals surface area (Å²) < 4.78 is 102. The van der Waals surface area contributed by atoms with Crippen molar-refractivity contribution in [2.45, 2.75) is 42.3 Å². The molecule has 32 heavy (non-hydrogen) atoms. The topological polar surface area (TPSA) is 72.3 Å². The Hall–Kier alpha value is -2.57. The van der Waals surface area contributed by atoms with E-state index in [0.29, 0.717) is 12.1 Å². The molecule has 0 saturated heterocycles. The number of alkyl halides is 6. The number of benzene rings is 1. The zero-order chi connectivity index (χ0) is 24.7. The van der Waals surface area contributed by atoms with Gasteiger partial charge in [-0.1, -0.05) is 6.07 Å². The number of halogens is 6. The van der Waals surface area contributed by atoms with E-state index < -0.39 is 49.0 Å². The van der Waals surface area contributed by atoms with Crippen LogP contribution < -0.4 is 0 Å². The van der Waals surface area contributed by atoms with Crippen LogP contribution in [0.1, 0.15) is 42.0 Å². The highest BCUT2D eigenvalue weighted by molar-refractivity contribution is 7.92. The van der Waals surface area contributed by atoms with Crippen molar-refractivity contribution >= 4 is 15.7 Å². The molecule has 0 spiro atoms. The average molecular weight is 485 g/mol. The third-order valence-corrected chi connectivity index (χ3v) is 7.52. The molecule has 0 saturated carbocycles. The minimum absolute atomic E-state index is 0.183. The van der Waals surface area contributed by atoms with Gasteiger partial charge in [-0.3, -0.25) is 9.48 Å². The van der Waals surface area contributed by atoms with Gasteiger partial charge < -0.3 is 4.90 Å². The van der Waals surface area contributed by atoms with E-state index in [0.717, 1.165) is 27.8 Å². The van der Waals surface area contributed by atoms with Gasteiger partial charge in [-0.2, -0.15) is 31.4 Å². The van der Waals surface area contributed by atoms with Gasteiger partial charge in [-0.25, -0.2) is 8.42 Å². The fraction of sp³-hybridized carbons (Fsp3) is 0.474. The second-order valence-electron chi connectivity index (χ2n) is 7.80. The number of aryl methyl sites for hydroxylation is 1. The quantitative estimate of drug-likeness (QED) is 0.576. The van der Waals surface area contributed by atoms with Crippen LogP contribution in [-0.2, 0) is 29.2 Å². The molecule has 0 aliphatic rings. The molecule has 0 radical (unpaired) electrons. The lowest BCUT2D eigenvalue weighted by molar-refractivity contribution is -0.141. The predicted molar refractivity (Wildman–Crippen MR) is 102 cm³/mol. The van der Waals surface area contributed by atoms with Gasteiger partial charge in [0.05, 0.1) is 15.2 Å². The first-order valence-corrected chi connectivity index (χ1v) is 10.6. The van der Waals surface area contributed by atoms with Crippen molar-refractivity contribution in [2.75, 3.05) is 13.6 Å². The van der Waals surface area contributed by atoms with Crippen LogP contribution in [0, 0.1) is 0 Å². The Balaban J connectivity index is 2.20. The lowest BCUT2D eigenvalue weighted by atomic mass is 10.1. The van der Waals surface area contributed by atoms with Crippen LogP contribution in [-0.4, -0.2) is 47.3 Å². The number of nitrogens with zero attached hydrogens (tertiary/aromatic N) is 3. The van der Waals surface area contributed by atoms with Crippen LogP contribution in [0.2, 0.25) is 0 Å². The molecular weight excluding hydrogens is 464 g/mol. The van der Waals surface area contributed by atoms with Crippen LogP contribution in [0.15, 0.2) is 35.2 Å². The summed E-state index contributed by atoms with van der Waals surface area (Å²) in [6.45, 7) is 2.41. The highest BCUT2D eigenvalue weighted by atomic mass is 32.2. The second-order valence-corrected chi connectivity index (χ2v) is 10.4. The summed E-state index contributed by atoms with van der Waals surface area (Å²) in [5.74, 6) is -0.817. The normalized spacial score (nSPS) is 13.3. The van der Waals surface area contributed by atoms with E-state index in [9.17, 15) is 39.6 Å². The maximum absolute atomic E-state index is 12.9. The summed E-state index contributed by atoms with van der Waals surface area (Å²) in [5, 5.41) is 3.26. The van der Waals surface area contributed by atoms with Crippen molar-refractivity contribution in [1.82, 2.24) is 14.7 Å². The molecular formula is C19H21F6N3O3S. The van der Waals surface area contributed by atoms with E-state index in [1.54, 1.807) is 0 Å². The molecule has 1 amide bonds. The molecule has 0 aliphatic heterocycles. The van der Waals surface area contributed by atoms with Crippen LogP contribution in [0.25, 0.3) is 0 Å². The summed E-state index contributed by atoms with van der Waals surface area (Å²) in [6.07, 6.45) is -9.64. The predicted octanol–water partition coefficient (Wildman–Crippen LogP) is 4.17. The Morgan fingerprint density at radius 2 is 1.66 bits per heavy atom. The number of carbonyl (C=O) groups is 1. The van der Waals surface area contributed by atoms with Crippen LogP contribution >= 0.6 is 0 Å². The molecule has 0 N–H and O–H groups in total. The molecule has 0 atom stereocenters. The standard InChI is InChI=1S/C19H21F6N3O3S/c1-17(2,32(30,31)13-7-5-6-12(10-13)18(20,21)22)8-9-27(3)16(29)14-11-15(19(23,24)25)26-28(14)4/h5-7,10-11H,8-9H2,1-4H3. The number of hydrogen-bond acceptors (Lipinski definition) is 4. The molecule has 6 nitrogen and oxygen atoms in total. The zero-order valence-electron chi connectivity index (χ0n) is 17.5. The van der Waals surface area contributed by atoms with Gasteiger partial charge >= 0.3 is 12.4 Å². The summed E-state index contributed by atoms with van der Waals surface area (Å²) in [6, 6.07) is 3.92. The number of sulfone groups is 1. The van der Waals surface area contributed by atoms with Crippen LogP contribution in [0.4, 0.5) is 26.3 Å². The Morgan fingerprint density at radius 3 is 2.16 bits per heavy atom. The molecule has 0 unspecified atom stereocenters. The van der Waals surface area contributed by atoms with Crippen molar-refractivity contribution in [2.24, 2.45) is 7.05 Å². The molecule has 0 aliphatic carbocycles. The van der Waals surface area contributed by atoms with Crippen molar-refractivity contribution in [1.29, 1.82) is 0 Å². The number of rotatable bonds is 6. The Bertz CT molecular complexity index is 1100. The number of hydrogen-bond donors (Lipinski definition) is 0. The maximum Gasteiger partial charge on any atom is 0.435 e. The lowest BCUT2D eigenvalue weighted by Crippen LogP contribution is -2.38. The highest BCUT2D eigenvalue weighted by Crippen LogP contribution is 2.34. The largest absolute Gasteiger partial charge is 0.435 e. The van der Waals surface area contributed by atoms with Gasteiger partial charge in [0, 0.05) is 26.7 Å². The van der Waals surface area contributed by atoms with E-state index in [1.165, 1.54) is 27.9 Å². The average Bonchev–Trinajstić information content (AvgIpc) is 3.07. The minimum atomic E-state index is -4.74. The maximum atomic E-state index is 12.9. The summed E-state index contributed by atoms with van der Waals surface area (Å²) in [7, 11) is -1.80. The molecule has 2 rings (SSSR count). The minimum Gasteiger partial charge on any atom is -0.340 e. The van der Waals surface area contributed by atoms with Crippen LogP contribution in [0.5, 0.6) is 0 Å². The Kier molecular flexibility index (Phi) is 6.75. The number of amides is 1. The third-order valence-electron chi connectivity index (χ3n) is 4.98. The van der Waals surface area contributed by atoms with E-state index in [4.69, 9.17) is 0 Å². The van der Waals surface area contributed by atoms with Gasteiger partial charge in [0.2, 0.25) is 0 Å². The van der Waals surface area contributed by atoms with Gasteiger partial charge in [-0.05, 0) is 38.5 Å². The van der Waals surface area contributed by atoms with Crippen molar-refractivity contribution in [3.63, 3.8) is 0 Å². The first-order valence-electron chi connectivity index (χ1n) is 9.16. The molecule has 1 heterocycles. The highest BCUT2D eigenvalue weighted by Gasteiger charge is 2.39. The third kappa shape index (κ3) is 5.25. The Labute approximate surface area is 180 Å².